The van der Waals surface area contributed by atoms with E-state index in [9.17, 15) is 23.2 Å². The first-order chi connectivity index (χ1) is 8.92. The number of quaternary nitrogens is 1. The molecule has 1 saturated heterocycles. The molecule has 0 spiro atoms. The number of ether oxygens (including phenoxy) is 1. The molecule has 19 heavy (non-hydrogen) atoms. The summed E-state index contributed by atoms with van der Waals surface area (Å²) < 4.78 is 42.5. The highest BCUT2D eigenvalue weighted by Crippen LogP contribution is 2.26. The summed E-state index contributed by atoms with van der Waals surface area (Å²) in [7, 11) is 0. The van der Waals surface area contributed by atoms with E-state index < -0.39 is 33.9 Å². The van der Waals surface area contributed by atoms with Crippen molar-refractivity contribution < 1.29 is 27.3 Å². The van der Waals surface area contributed by atoms with E-state index in [1.807, 2.05) is 0 Å². The molecular weight excluding hydrogens is 263 g/mol. The predicted molar refractivity (Wildman–Crippen MR) is 59.6 cm³/mol. The van der Waals surface area contributed by atoms with E-state index in [0.29, 0.717) is 25.0 Å². The van der Waals surface area contributed by atoms with Gasteiger partial charge < -0.3 is 9.94 Å². The second-order valence-corrected chi connectivity index (χ2v) is 4.46. The van der Waals surface area contributed by atoms with Crippen molar-refractivity contribution in [2.75, 3.05) is 13.1 Å². The number of rotatable bonds is 1. The van der Waals surface area contributed by atoms with E-state index >= 15 is 0 Å². The molecule has 4 nitrogen and oxygen atoms in total. The Morgan fingerprint density at radius 1 is 1.11 bits per heavy atom. The van der Waals surface area contributed by atoms with Crippen molar-refractivity contribution in [2.45, 2.75) is 19.3 Å². The lowest BCUT2D eigenvalue weighted by molar-refractivity contribution is -0.811. The third-order valence-corrected chi connectivity index (χ3v) is 3.02. The lowest BCUT2D eigenvalue weighted by atomic mass is 10.1. The van der Waals surface area contributed by atoms with E-state index in [1.165, 1.54) is 0 Å². The molecule has 104 valence electrons. The Kier molecular flexibility index (Phi) is 3.77. The molecule has 1 aliphatic rings. The standard InChI is InChI=1S/C12H12F3NO3/c13-8-6-9(14)11(10(15)7-8)19-12(17)16(18)4-2-1-3-5-16/h6-7H,1-5H2. The highest BCUT2D eigenvalue weighted by molar-refractivity contribution is 5.64. The van der Waals surface area contributed by atoms with Gasteiger partial charge in [-0.15, -0.1) is 0 Å². The van der Waals surface area contributed by atoms with Gasteiger partial charge >= 0.3 is 6.09 Å². The van der Waals surface area contributed by atoms with Crippen LogP contribution in [0.25, 0.3) is 0 Å². The summed E-state index contributed by atoms with van der Waals surface area (Å²) in [5, 5.41) is 12.1. The molecule has 1 heterocycles. The molecule has 1 aromatic rings. The van der Waals surface area contributed by atoms with Crippen LogP contribution in [0, 0.1) is 22.7 Å². The molecule has 1 aliphatic heterocycles. The van der Waals surface area contributed by atoms with Crippen LogP contribution in [-0.2, 0) is 0 Å². The molecule has 0 aliphatic carbocycles. The largest absolute Gasteiger partial charge is 0.622 e. The fourth-order valence-electron chi connectivity index (χ4n) is 2.00. The van der Waals surface area contributed by atoms with Gasteiger partial charge in [-0.05, 0) is 19.3 Å². The SMILES string of the molecule is O=C(Oc1c(F)cc(F)cc1F)[N+]1([O-])CCCCC1. The average Bonchev–Trinajstić information content (AvgIpc) is 2.34. The number of halogens is 3. The van der Waals surface area contributed by atoms with Crippen LogP contribution in [0.3, 0.4) is 0 Å². The zero-order valence-electron chi connectivity index (χ0n) is 10.00. The number of hydroxylamine groups is 3. The first kappa shape index (κ1) is 13.8. The smallest absolute Gasteiger partial charge is 0.521 e. The minimum absolute atomic E-state index is 0.0171. The average molecular weight is 275 g/mol. The summed E-state index contributed by atoms with van der Waals surface area (Å²) in [6.45, 7) is 0.0343. The van der Waals surface area contributed by atoms with Crippen LogP contribution in [0.2, 0.25) is 0 Å². The highest BCUT2D eigenvalue weighted by Gasteiger charge is 2.33. The molecule has 1 aromatic carbocycles. The summed E-state index contributed by atoms with van der Waals surface area (Å²) in [6.07, 6.45) is 0.651. The van der Waals surface area contributed by atoms with Gasteiger partial charge in [0.05, 0.1) is 13.1 Å². The highest BCUT2D eigenvalue weighted by atomic mass is 19.1. The number of carbonyl (C=O) groups is 1. The zero-order valence-corrected chi connectivity index (χ0v) is 10.00. The maximum absolute atomic E-state index is 13.3. The van der Waals surface area contributed by atoms with Gasteiger partial charge in [0.15, 0.2) is 11.6 Å². The van der Waals surface area contributed by atoms with Crippen LogP contribution in [0.15, 0.2) is 12.1 Å². The van der Waals surface area contributed by atoms with Crippen molar-refractivity contribution in [3.05, 3.63) is 34.8 Å². The number of carbonyl (C=O) groups excluding carboxylic acids is 1. The molecule has 7 heteroatoms. The number of likely N-dealkylation sites (tertiary alicyclic amines) is 1. The van der Waals surface area contributed by atoms with Gasteiger partial charge in [0.1, 0.15) is 5.82 Å². The normalized spacial score (nSPS) is 18.1. The lowest BCUT2D eigenvalue weighted by Gasteiger charge is -2.40. The zero-order chi connectivity index (χ0) is 14.0. The Bertz CT molecular complexity index is 478. The van der Waals surface area contributed by atoms with E-state index in [2.05, 4.69) is 4.74 Å². The maximum Gasteiger partial charge on any atom is 0.521 e. The summed E-state index contributed by atoms with van der Waals surface area (Å²) in [6, 6.07) is 0.772. The van der Waals surface area contributed by atoms with Gasteiger partial charge in [0.2, 0.25) is 5.75 Å². The topological polar surface area (TPSA) is 49.4 Å². The predicted octanol–water partition coefficient (Wildman–Crippen LogP) is 3.10. The van der Waals surface area contributed by atoms with Gasteiger partial charge in [-0.1, -0.05) is 0 Å². The summed E-state index contributed by atoms with van der Waals surface area (Å²) in [5.74, 6) is -4.87. The molecule has 0 aromatic heterocycles. The van der Waals surface area contributed by atoms with Gasteiger partial charge in [0, 0.05) is 12.1 Å². The molecule has 0 radical (unpaired) electrons. The van der Waals surface area contributed by atoms with E-state index in [0.717, 1.165) is 6.42 Å². The van der Waals surface area contributed by atoms with Crippen molar-refractivity contribution in [1.29, 1.82) is 0 Å². The minimum atomic E-state index is -1.35. The van der Waals surface area contributed by atoms with Crippen LogP contribution in [0.1, 0.15) is 19.3 Å². The Labute approximate surface area is 107 Å². The Morgan fingerprint density at radius 2 is 1.63 bits per heavy atom. The first-order valence-corrected chi connectivity index (χ1v) is 5.87. The van der Waals surface area contributed by atoms with E-state index in [-0.39, 0.29) is 13.1 Å². The monoisotopic (exact) mass is 275 g/mol. The Balaban J connectivity index is 2.19. The second kappa shape index (κ2) is 5.18. The van der Waals surface area contributed by atoms with Crippen molar-refractivity contribution in [2.24, 2.45) is 0 Å². The quantitative estimate of drug-likeness (QED) is 0.584. The summed E-state index contributed by atoms with van der Waals surface area (Å²) in [5.41, 5.74) is 0. The number of hydrogen-bond acceptors (Lipinski definition) is 3. The number of benzene rings is 1. The van der Waals surface area contributed by atoms with Gasteiger partial charge in [-0.2, -0.15) is 4.79 Å². The molecule has 1 fully saturated rings. The summed E-state index contributed by atoms with van der Waals surface area (Å²) >= 11 is 0. The third-order valence-electron chi connectivity index (χ3n) is 3.02. The van der Waals surface area contributed by atoms with Gasteiger partial charge in [-0.3, -0.25) is 4.65 Å². The van der Waals surface area contributed by atoms with Gasteiger partial charge in [0.25, 0.3) is 0 Å². The Hall–Kier alpha value is -1.60. The number of amides is 1. The fourth-order valence-corrected chi connectivity index (χ4v) is 2.00. The van der Waals surface area contributed by atoms with Crippen LogP contribution in [0.4, 0.5) is 18.0 Å². The lowest BCUT2D eigenvalue weighted by Crippen LogP contribution is -2.52. The van der Waals surface area contributed by atoms with Gasteiger partial charge in [-0.25, -0.2) is 13.2 Å². The minimum Gasteiger partial charge on any atom is -0.622 e. The molecular formula is C12H12F3NO3. The van der Waals surface area contributed by atoms with Crippen molar-refractivity contribution in [3.8, 4) is 5.75 Å². The van der Waals surface area contributed by atoms with Crippen molar-refractivity contribution in [3.63, 3.8) is 0 Å². The number of nitrogens with zero attached hydrogens (tertiary/aromatic N) is 1. The number of hydrogen-bond donors (Lipinski definition) is 0. The fraction of sp³-hybridized carbons (Fsp3) is 0.417. The summed E-state index contributed by atoms with van der Waals surface area (Å²) in [4.78, 5) is 11.7. The van der Waals surface area contributed by atoms with Crippen LogP contribution >= 0.6 is 0 Å². The van der Waals surface area contributed by atoms with Crippen LogP contribution in [-0.4, -0.2) is 23.8 Å². The third kappa shape index (κ3) is 2.87. The molecule has 0 unspecified atom stereocenters. The maximum atomic E-state index is 13.3. The number of piperidine rings is 1. The Morgan fingerprint density at radius 3 is 2.16 bits per heavy atom. The van der Waals surface area contributed by atoms with E-state index in [1.54, 1.807) is 0 Å². The molecule has 0 bridgehead atoms. The molecule has 2 rings (SSSR count). The van der Waals surface area contributed by atoms with Crippen molar-refractivity contribution >= 4 is 6.09 Å². The van der Waals surface area contributed by atoms with Crippen LogP contribution < -0.4 is 4.74 Å². The first-order valence-electron chi connectivity index (χ1n) is 5.87. The molecule has 0 saturated carbocycles. The molecule has 1 amide bonds. The van der Waals surface area contributed by atoms with E-state index in [4.69, 9.17) is 0 Å². The van der Waals surface area contributed by atoms with Crippen molar-refractivity contribution in [1.82, 2.24) is 0 Å². The molecule has 0 N–H and O–H groups in total. The molecule has 0 atom stereocenters. The van der Waals surface area contributed by atoms with Crippen LogP contribution in [0.5, 0.6) is 5.75 Å². The second-order valence-electron chi connectivity index (χ2n) is 4.46.